The third kappa shape index (κ3) is 5.44. The molecule has 2 heterocycles. The number of amides is 2. The fraction of sp³-hybridized carbons (Fsp3) is 0.192. The number of aryl methyl sites for hydroxylation is 2. The van der Waals surface area contributed by atoms with E-state index < -0.39 is 11.9 Å². The van der Waals surface area contributed by atoms with E-state index in [0.29, 0.717) is 17.1 Å². The Bertz CT molecular complexity index is 1350. The van der Waals surface area contributed by atoms with Crippen LogP contribution in [0.5, 0.6) is 5.75 Å². The molecule has 0 radical (unpaired) electrons. The molecule has 7 nitrogen and oxygen atoms in total. The van der Waals surface area contributed by atoms with Gasteiger partial charge in [-0.3, -0.25) is 14.5 Å². The number of halogens is 1. The van der Waals surface area contributed by atoms with Crippen LogP contribution in [0.3, 0.4) is 0 Å². The van der Waals surface area contributed by atoms with Gasteiger partial charge in [0.15, 0.2) is 0 Å². The van der Waals surface area contributed by atoms with Crippen LogP contribution in [0.1, 0.15) is 27.2 Å². The second-order valence-corrected chi connectivity index (χ2v) is 9.24. The molecule has 4 rings (SSSR count). The third-order valence-corrected chi connectivity index (χ3v) is 6.58. The Balaban J connectivity index is 1.45. The zero-order chi connectivity index (χ0) is 25.1. The maximum atomic E-state index is 12.8. The normalized spacial score (nSPS) is 14.6. The number of methoxy groups -OCH3 is 1. The lowest BCUT2D eigenvalue weighted by molar-refractivity contribution is -0.123. The Kier molecular flexibility index (Phi) is 7.33. The zero-order valence-electron chi connectivity index (χ0n) is 19.3. The van der Waals surface area contributed by atoms with Crippen LogP contribution < -0.4 is 4.74 Å². The summed E-state index contributed by atoms with van der Waals surface area (Å²) >= 11 is 6.93. The van der Waals surface area contributed by atoms with E-state index in [-0.39, 0.29) is 33.9 Å². The molecule has 0 bridgehead atoms. The Morgan fingerprint density at radius 1 is 1.11 bits per heavy atom. The minimum atomic E-state index is -0.557. The fourth-order valence-corrected chi connectivity index (χ4v) is 4.50. The number of hydrogen-bond donors (Lipinski definition) is 0. The van der Waals surface area contributed by atoms with Gasteiger partial charge in [0.2, 0.25) is 0 Å². The topological polar surface area (TPSA) is 86.0 Å². The fourth-order valence-electron chi connectivity index (χ4n) is 3.46. The van der Waals surface area contributed by atoms with Gasteiger partial charge in [0.25, 0.3) is 11.1 Å². The first kappa shape index (κ1) is 24.6. The maximum absolute atomic E-state index is 12.8. The van der Waals surface area contributed by atoms with E-state index in [2.05, 4.69) is 0 Å². The van der Waals surface area contributed by atoms with Crippen LogP contribution in [0, 0.1) is 13.8 Å². The molecular formula is C26H22ClNO6S. The van der Waals surface area contributed by atoms with Crippen molar-refractivity contribution < 1.29 is 28.3 Å². The molecule has 1 fully saturated rings. The second-order valence-electron chi connectivity index (χ2n) is 7.84. The van der Waals surface area contributed by atoms with Crippen LogP contribution in [0.15, 0.2) is 57.9 Å². The van der Waals surface area contributed by atoms with Crippen molar-refractivity contribution in [3.63, 3.8) is 0 Å². The summed E-state index contributed by atoms with van der Waals surface area (Å²) in [6, 6.07) is 14.1. The summed E-state index contributed by atoms with van der Waals surface area (Å²) in [7, 11) is 1.28. The van der Waals surface area contributed by atoms with Gasteiger partial charge in [-0.25, -0.2) is 4.79 Å². The summed E-state index contributed by atoms with van der Waals surface area (Å²) in [4.78, 5) is 38.5. The van der Waals surface area contributed by atoms with Crippen molar-refractivity contribution in [2.75, 3.05) is 20.3 Å². The van der Waals surface area contributed by atoms with Crippen LogP contribution >= 0.6 is 23.4 Å². The molecule has 9 heteroatoms. The molecule has 0 saturated carbocycles. The Morgan fingerprint density at radius 3 is 2.69 bits per heavy atom. The Labute approximate surface area is 211 Å². The molecule has 0 spiro atoms. The zero-order valence-corrected chi connectivity index (χ0v) is 20.9. The number of carbonyl (C=O) groups is 3. The highest BCUT2D eigenvalue weighted by Gasteiger charge is 2.35. The summed E-state index contributed by atoms with van der Waals surface area (Å²) in [6.45, 7) is 4.24. The third-order valence-electron chi connectivity index (χ3n) is 5.35. The lowest BCUT2D eigenvalue weighted by Crippen LogP contribution is -2.32. The van der Waals surface area contributed by atoms with Crippen molar-refractivity contribution >= 4 is 46.6 Å². The van der Waals surface area contributed by atoms with Gasteiger partial charge in [0.1, 0.15) is 23.9 Å². The average Bonchev–Trinajstić information content (AvgIpc) is 3.41. The first-order valence-electron chi connectivity index (χ1n) is 10.7. The molecule has 1 aliphatic rings. The molecule has 1 aliphatic heterocycles. The molecule has 3 aromatic rings. The summed E-state index contributed by atoms with van der Waals surface area (Å²) in [5.41, 5.74) is 2.88. The minimum Gasteiger partial charge on any atom is -0.491 e. The van der Waals surface area contributed by atoms with Gasteiger partial charge in [0, 0.05) is 11.6 Å². The van der Waals surface area contributed by atoms with Gasteiger partial charge in [-0.2, -0.15) is 0 Å². The number of imide groups is 1. The van der Waals surface area contributed by atoms with E-state index in [9.17, 15) is 14.4 Å². The Hall–Kier alpha value is -3.49. The monoisotopic (exact) mass is 511 g/mol. The molecule has 35 heavy (non-hydrogen) atoms. The number of hydrogen-bond acceptors (Lipinski definition) is 7. The molecule has 1 saturated heterocycles. The van der Waals surface area contributed by atoms with E-state index in [1.165, 1.54) is 13.2 Å². The van der Waals surface area contributed by atoms with Crippen molar-refractivity contribution in [3.8, 4) is 17.1 Å². The van der Waals surface area contributed by atoms with E-state index in [4.69, 9.17) is 25.5 Å². The lowest BCUT2D eigenvalue weighted by atomic mass is 10.1. The second kappa shape index (κ2) is 10.4. The molecule has 0 atom stereocenters. The lowest BCUT2D eigenvalue weighted by Gasteiger charge is -2.14. The van der Waals surface area contributed by atoms with Crippen molar-refractivity contribution in [3.05, 3.63) is 80.9 Å². The van der Waals surface area contributed by atoms with Crippen LogP contribution in [-0.4, -0.2) is 42.3 Å². The van der Waals surface area contributed by atoms with Gasteiger partial charge in [-0.1, -0.05) is 23.7 Å². The van der Waals surface area contributed by atoms with Crippen molar-refractivity contribution in [1.29, 1.82) is 0 Å². The number of benzene rings is 2. The first-order chi connectivity index (χ1) is 16.8. The molecule has 180 valence electrons. The highest BCUT2D eigenvalue weighted by Crippen LogP contribution is 2.34. The van der Waals surface area contributed by atoms with Crippen LogP contribution in [-0.2, 0) is 9.53 Å². The van der Waals surface area contributed by atoms with E-state index >= 15 is 0 Å². The van der Waals surface area contributed by atoms with E-state index in [1.807, 2.05) is 32.0 Å². The van der Waals surface area contributed by atoms with Crippen LogP contribution in [0.4, 0.5) is 4.79 Å². The number of rotatable bonds is 7. The van der Waals surface area contributed by atoms with E-state index in [0.717, 1.165) is 33.5 Å². The number of esters is 1. The van der Waals surface area contributed by atoms with Gasteiger partial charge >= 0.3 is 5.97 Å². The van der Waals surface area contributed by atoms with Crippen molar-refractivity contribution in [2.45, 2.75) is 13.8 Å². The van der Waals surface area contributed by atoms with Crippen molar-refractivity contribution in [1.82, 2.24) is 4.90 Å². The quantitative estimate of drug-likeness (QED) is 0.279. The molecule has 2 amide bonds. The maximum Gasteiger partial charge on any atom is 0.339 e. The van der Waals surface area contributed by atoms with Crippen LogP contribution in [0.25, 0.3) is 17.4 Å². The number of furan rings is 1. The number of ether oxygens (including phenoxy) is 2. The number of carbonyl (C=O) groups excluding carboxylic acids is 3. The summed E-state index contributed by atoms with van der Waals surface area (Å²) in [5, 5.41) is -0.0967. The number of thioether (sulfide) groups is 1. The largest absolute Gasteiger partial charge is 0.491 e. The summed E-state index contributed by atoms with van der Waals surface area (Å²) < 4.78 is 16.4. The van der Waals surface area contributed by atoms with Gasteiger partial charge in [0.05, 0.1) is 29.1 Å². The number of nitrogens with zero attached hydrogens (tertiary/aromatic N) is 1. The summed E-state index contributed by atoms with van der Waals surface area (Å²) in [6.07, 6.45) is 1.52. The van der Waals surface area contributed by atoms with Crippen LogP contribution in [0.2, 0.25) is 5.02 Å². The average molecular weight is 512 g/mol. The predicted molar refractivity (Wildman–Crippen MR) is 135 cm³/mol. The molecule has 0 unspecified atom stereocenters. The van der Waals surface area contributed by atoms with Gasteiger partial charge in [-0.05, 0) is 73.1 Å². The predicted octanol–water partition coefficient (Wildman–Crippen LogP) is 6.12. The molecule has 2 aromatic carbocycles. The van der Waals surface area contributed by atoms with Crippen molar-refractivity contribution in [2.24, 2.45) is 0 Å². The van der Waals surface area contributed by atoms with Gasteiger partial charge in [-0.15, -0.1) is 0 Å². The molecule has 1 aromatic heterocycles. The van der Waals surface area contributed by atoms with Gasteiger partial charge < -0.3 is 13.9 Å². The SMILES string of the molecule is COC(=O)c1cc(-c2ccc(/C=C3\SC(=O)N(CCOc4cc(C)ccc4C)C3=O)o2)ccc1Cl. The molecule has 0 N–H and O–H groups in total. The highest BCUT2D eigenvalue weighted by atomic mass is 35.5. The first-order valence-corrected chi connectivity index (χ1v) is 11.9. The molecular weight excluding hydrogens is 490 g/mol. The highest BCUT2D eigenvalue weighted by molar-refractivity contribution is 8.18. The van der Waals surface area contributed by atoms with E-state index in [1.54, 1.807) is 30.3 Å². The smallest absolute Gasteiger partial charge is 0.339 e. The summed E-state index contributed by atoms with van der Waals surface area (Å²) in [5.74, 6) is 0.639. The standard InChI is InChI=1S/C26H22ClNO6S/c1-15-4-5-16(2)22(12-15)33-11-10-28-24(29)23(35-26(28)31)14-18-7-9-21(34-18)17-6-8-20(27)19(13-17)25(30)32-3/h4-9,12-14H,10-11H2,1-3H3/b23-14-. The Morgan fingerprint density at radius 2 is 1.91 bits per heavy atom. The molecule has 0 aliphatic carbocycles. The minimum absolute atomic E-state index is 0.139.